The van der Waals surface area contributed by atoms with E-state index in [1.54, 1.807) is 0 Å². The number of likely N-dealkylation sites (tertiary alicyclic amines) is 1. The molecule has 1 aliphatic rings. The first-order valence-corrected chi connectivity index (χ1v) is 9.32. The Kier molecular flexibility index (Phi) is 6.11. The number of carbonyl (C=O) groups is 1. The van der Waals surface area contributed by atoms with Gasteiger partial charge in [0, 0.05) is 30.2 Å². The quantitative estimate of drug-likeness (QED) is 0.855. The average molecular weight is 357 g/mol. The molecular weight excluding hydrogens is 332 g/mol. The SMILES string of the molecule is CC1CCCN(Cc2ccc(C(=O)NCc3ccccc3Cl)cc2)C1. The van der Waals surface area contributed by atoms with Crippen LogP contribution in [-0.2, 0) is 13.1 Å². The van der Waals surface area contributed by atoms with Crippen LogP contribution >= 0.6 is 11.6 Å². The molecule has 1 atom stereocenters. The molecule has 0 saturated carbocycles. The fourth-order valence-corrected chi connectivity index (χ4v) is 3.57. The van der Waals surface area contributed by atoms with Gasteiger partial charge in [-0.3, -0.25) is 9.69 Å². The number of halogens is 1. The molecule has 3 rings (SSSR count). The highest BCUT2D eigenvalue weighted by molar-refractivity contribution is 6.31. The van der Waals surface area contributed by atoms with Crippen LogP contribution in [0.5, 0.6) is 0 Å². The third kappa shape index (κ3) is 5.07. The van der Waals surface area contributed by atoms with Crippen LogP contribution in [0.2, 0.25) is 5.02 Å². The van der Waals surface area contributed by atoms with Gasteiger partial charge in [0.15, 0.2) is 0 Å². The lowest BCUT2D eigenvalue weighted by Gasteiger charge is -2.30. The molecule has 1 saturated heterocycles. The minimum Gasteiger partial charge on any atom is -0.348 e. The zero-order chi connectivity index (χ0) is 17.6. The number of piperidine rings is 1. The van der Waals surface area contributed by atoms with Gasteiger partial charge in [-0.15, -0.1) is 0 Å². The van der Waals surface area contributed by atoms with Crippen LogP contribution in [0.1, 0.15) is 41.3 Å². The van der Waals surface area contributed by atoms with E-state index >= 15 is 0 Å². The number of hydrogen-bond donors (Lipinski definition) is 1. The molecule has 1 N–H and O–H groups in total. The highest BCUT2D eigenvalue weighted by Crippen LogP contribution is 2.18. The predicted octanol–water partition coefficient (Wildman–Crippen LogP) is 4.50. The maximum Gasteiger partial charge on any atom is 0.251 e. The van der Waals surface area contributed by atoms with Crippen LogP contribution in [0.4, 0.5) is 0 Å². The molecule has 0 radical (unpaired) electrons. The Balaban J connectivity index is 1.54. The molecule has 2 aromatic carbocycles. The van der Waals surface area contributed by atoms with Crippen molar-refractivity contribution in [2.24, 2.45) is 5.92 Å². The summed E-state index contributed by atoms with van der Waals surface area (Å²) in [5.41, 5.74) is 2.87. The normalized spacial score (nSPS) is 18.1. The number of nitrogens with one attached hydrogen (secondary N) is 1. The van der Waals surface area contributed by atoms with E-state index in [9.17, 15) is 4.79 Å². The predicted molar refractivity (Wildman–Crippen MR) is 103 cm³/mol. The second-order valence-electron chi connectivity index (χ2n) is 6.95. The number of hydrogen-bond acceptors (Lipinski definition) is 2. The van der Waals surface area contributed by atoms with Gasteiger partial charge in [0.05, 0.1) is 0 Å². The Bertz CT molecular complexity index is 714. The zero-order valence-electron chi connectivity index (χ0n) is 14.7. The summed E-state index contributed by atoms with van der Waals surface area (Å²) in [7, 11) is 0. The fourth-order valence-electron chi connectivity index (χ4n) is 3.37. The Morgan fingerprint density at radius 2 is 1.96 bits per heavy atom. The summed E-state index contributed by atoms with van der Waals surface area (Å²) in [6.45, 7) is 6.06. The molecular formula is C21H25ClN2O. The van der Waals surface area contributed by atoms with E-state index in [4.69, 9.17) is 11.6 Å². The van der Waals surface area contributed by atoms with Crippen molar-refractivity contribution in [2.45, 2.75) is 32.9 Å². The molecule has 0 aliphatic carbocycles. The number of nitrogens with zero attached hydrogens (tertiary/aromatic N) is 1. The van der Waals surface area contributed by atoms with Crippen molar-refractivity contribution in [1.82, 2.24) is 10.2 Å². The minimum atomic E-state index is -0.0712. The molecule has 3 nitrogen and oxygen atoms in total. The third-order valence-electron chi connectivity index (χ3n) is 4.76. The highest BCUT2D eigenvalue weighted by Gasteiger charge is 2.16. The Morgan fingerprint density at radius 3 is 2.68 bits per heavy atom. The highest BCUT2D eigenvalue weighted by atomic mass is 35.5. The van der Waals surface area contributed by atoms with Crippen molar-refractivity contribution >= 4 is 17.5 Å². The third-order valence-corrected chi connectivity index (χ3v) is 5.13. The van der Waals surface area contributed by atoms with Crippen LogP contribution < -0.4 is 5.32 Å². The van der Waals surface area contributed by atoms with Gasteiger partial charge < -0.3 is 5.32 Å². The molecule has 0 aromatic heterocycles. The number of rotatable bonds is 5. The lowest BCUT2D eigenvalue weighted by atomic mass is 9.99. The molecule has 0 spiro atoms. The summed E-state index contributed by atoms with van der Waals surface area (Å²) >= 11 is 6.12. The summed E-state index contributed by atoms with van der Waals surface area (Å²) in [5.74, 6) is 0.710. The Morgan fingerprint density at radius 1 is 1.20 bits per heavy atom. The van der Waals surface area contributed by atoms with E-state index < -0.39 is 0 Å². The van der Waals surface area contributed by atoms with Gasteiger partial charge in [0.25, 0.3) is 5.91 Å². The van der Waals surface area contributed by atoms with Gasteiger partial charge in [0.2, 0.25) is 0 Å². The van der Waals surface area contributed by atoms with Crippen LogP contribution in [0.15, 0.2) is 48.5 Å². The van der Waals surface area contributed by atoms with E-state index in [0.717, 1.165) is 18.0 Å². The van der Waals surface area contributed by atoms with Gasteiger partial charge in [-0.2, -0.15) is 0 Å². The van der Waals surface area contributed by atoms with Crippen molar-refractivity contribution in [3.63, 3.8) is 0 Å². The lowest BCUT2D eigenvalue weighted by molar-refractivity contribution is 0.0951. The molecule has 25 heavy (non-hydrogen) atoms. The van der Waals surface area contributed by atoms with E-state index in [1.807, 2.05) is 36.4 Å². The lowest BCUT2D eigenvalue weighted by Crippen LogP contribution is -2.33. The van der Waals surface area contributed by atoms with Gasteiger partial charge in [0.1, 0.15) is 0 Å². The van der Waals surface area contributed by atoms with Crippen LogP contribution in [0, 0.1) is 5.92 Å². The van der Waals surface area contributed by atoms with Crippen LogP contribution in [0.3, 0.4) is 0 Å². The smallest absolute Gasteiger partial charge is 0.251 e. The first-order valence-electron chi connectivity index (χ1n) is 8.95. The summed E-state index contributed by atoms with van der Waals surface area (Å²) in [4.78, 5) is 14.8. The largest absolute Gasteiger partial charge is 0.348 e. The maximum absolute atomic E-state index is 12.3. The Labute approximate surface area is 155 Å². The van der Waals surface area contributed by atoms with Gasteiger partial charge >= 0.3 is 0 Å². The molecule has 1 amide bonds. The van der Waals surface area contributed by atoms with Gasteiger partial charge in [-0.05, 0) is 54.6 Å². The molecule has 4 heteroatoms. The molecule has 0 bridgehead atoms. The van der Waals surface area contributed by atoms with Crippen molar-refractivity contribution in [3.05, 3.63) is 70.2 Å². The molecule has 1 heterocycles. The molecule has 1 fully saturated rings. The molecule has 2 aromatic rings. The number of amides is 1. The molecule has 1 unspecified atom stereocenters. The topological polar surface area (TPSA) is 32.3 Å². The van der Waals surface area contributed by atoms with E-state index in [0.29, 0.717) is 17.1 Å². The monoisotopic (exact) mass is 356 g/mol. The summed E-state index contributed by atoms with van der Waals surface area (Å²) in [6, 6.07) is 15.5. The van der Waals surface area contributed by atoms with Crippen molar-refractivity contribution in [3.8, 4) is 0 Å². The Hall–Kier alpha value is -1.84. The number of carbonyl (C=O) groups excluding carboxylic acids is 1. The van der Waals surface area contributed by atoms with E-state index in [-0.39, 0.29) is 5.91 Å². The summed E-state index contributed by atoms with van der Waals surface area (Å²) < 4.78 is 0. The summed E-state index contributed by atoms with van der Waals surface area (Å²) in [6.07, 6.45) is 2.62. The van der Waals surface area contributed by atoms with E-state index in [1.165, 1.54) is 31.5 Å². The van der Waals surface area contributed by atoms with Gasteiger partial charge in [-0.1, -0.05) is 48.9 Å². The molecule has 132 valence electrons. The van der Waals surface area contributed by atoms with Gasteiger partial charge in [-0.25, -0.2) is 0 Å². The van der Waals surface area contributed by atoms with E-state index in [2.05, 4.69) is 29.3 Å². The molecule has 1 aliphatic heterocycles. The van der Waals surface area contributed by atoms with Crippen LogP contribution in [0.25, 0.3) is 0 Å². The standard InChI is InChI=1S/C21H25ClN2O/c1-16-5-4-12-24(14-16)15-17-8-10-18(11-9-17)21(25)23-13-19-6-2-3-7-20(19)22/h2-3,6-11,16H,4-5,12-15H2,1H3,(H,23,25). The zero-order valence-corrected chi connectivity index (χ0v) is 15.4. The fraction of sp³-hybridized carbons (Fsp3) is 0.381. The second-order valence-corrected chi connectivity index (χ2v) is 7.36. The van der Waals surface area contributed by atoms with Crippen molar-refractivity contribution < 1.29 is 4.79 Å². The first-order chi connectivity index (χ1) is 12.1. The van der Waals surface area contributed by atoms with Crippen molar-refractivity contribution in [2.75, 3.05) is 13.1 Å². The maximum atomic E-state index is 12.3. The van der Waals surface area contributed by atoms with Crippen LogP contribution in [-0.4, -0.2) is 23.9 Å². The minimum absolute atomic E-state index is 0.0712. The first kappa shape index (κ1) is 18.0. The summed E-state index contributed by atoms with van der Waals surface area (Å²) in [5, 5.41) is 3.60. The average Bonchev–Trinajstić information content (AvgIpc) is 2.61. The second kappa shape index (κ2) is 8.50. The van der Waals surface area contributed by atoms with Crippen molar-refractivity contribution in [1.29, 1.82) is 0 Å². The number of benzene rings is 2.